The largest absolute Gasteiger partial charge is 0.494 e. The van der Waals surface area contributed by atoms with Crippen molar-refractivity contribution in [2.45, 2.75) is 6.42 Å². The minimum absolute atomic E-state index is 0.0286. The fraction of sp³-hybridized carbons (Fsp3) is 0.211. The Bertz CT molecular complexity index is 1030. The molecule has 3 rings (SSSR count). The molecule has 0 aromatic heterocycles. The fourth-order valence-electron chi connectivity index (χ4n) is 3.05. The van der Waals surface area contributed by atoms with E-state index in [0.717, 1.165) is 0 Å². The van der Waals surface area contributed by atoms with Crippen molar-refractivity contribution >= 4 is 40.7 Å². The summed E-state index contributed by atoms with van der Waals surface area (Å²) in [5.41, 5.74) is 4.91. The van der Waals surface area contributed by atoms with Crippen molar-refractivity contribution in [3.05, 3.63) is 63.2 Å². The van der Waals surface area contributed by atoms with Gasteiger partial charge in [0.05, 0.1) is 40.3 Å². The lowest BCUT2D eigenvalue weighted by atomic mass is 10.1. The summed E-state index contributed by atoms with van der Waals surface area (Å²) in [5.74, 6) is -2.08. The topological polar surface area (TPSA) is 131 Å². The van der Waals surface area contributed by atoms with E-state index >= 15 is 0 Å². The van der Waals surface area contributed by atoms with Crippen LogP contribution in [0.25, 0.3) is 0 Å². The summed E-state index contributed by atoms with van der Waals surface area (Å²) >= 11 is 5.95. The number of halogens is 1. The molecular formula is C19H17ClN4O6. The summed E-state index contributed by atoms with van der Waals surface area (Å²) in [6, 6.07) is 10.2. The van der Waals surface area contributed by atoms with Gasteiger partial charge in [-0.25, -0.2) is 0 Å². The molecule has 156 valence electrons. The van der Waals surface area contributed by atoms with Gasteiger partial charge in [0.2, 0.25) is 11.8 Å². The summed E-state index contributed by atoms with van der Waals surface area (Å²) in [7, 11) is 1.33. The molecule has 2 N–H and O–H groups in total. The molecule has 3 amide bonds. The zero-order chi connectivity index (χ0) is 21.8. The first-order chi connectivity index (χ1) is 14.3. The average molecular weight is 433 g/mol. The number of amides is 3. The monoisotopic (exact) mass is 432 g/mol. The lowest BCUT2D eigenvalue weighted by Gasteiger charge is -2.19. The van der Waals surface area contributed by atoms with E-state index in [-0.39, 0.29) is 40.9 Å². The Balaban J connectivity index is 1.67. The van der Waals surface area contributed by atoms with Crippen molar-refractivity contribution in [3.8, 4) is 5.75 Å². The molecule has 1 atom stereocenters. The van der Waals surface area contributed by atoms with Crippen LogP contribution in [0.1, 0.15) is 16.8 Å². The molecule has 0 unspecified atom stereocenters. The van der Waals surface area contributed by atoms with E-state index in [2.05, 4.69) is 10.9 Å². The third kappa shape index (κ3) is 4.33. The Morgan fingerprint density at radius 3 is 2.63 bits per heavy atom. The molecule has 1 heterocycles. The summed E-state index contributed by atoms with van der Waals surface area (Å²) < 4.78 is 5.16. The fourth-order valence-corrected chi connectivity index (χ4v) is 3.27. The SMILES string of the molecule is COc1cc([N+](=O)[O-])ccc1N1C[C@@H](C(=O)NNC(=O)c2ccccc2Cl)CC1=O. The van der Waals surface area contributed by atoms with Crippen LogP contribution in [0.4, 0.5) is 11.4 Å². The highest BCUT2D eigenvalue weighted by Gasteiger charge is 2.36. The first-order valence-corrected chi connectivity index (χ1v) is 9.17. The minimum atomic E-state index is -0.732. The van der Waals surface area contributed by atoms with Crippen molar-refractivity contribution in [1.82, 2.24) is 10.9 Å². The van der Waals surface area contributed by atoms with Crippen LogP contribution in [0.2, 0.25) is 5.02 Å². The summed E-state index contributed by atoms with van der Waals surface area (Å²) in [6.45, 7) is 0.0286. The van der Waals surface area contributed by atoms with Crippen LogP contribution >= 0.6 is 11.6 Å². The van der Waals surface area contributed by atoms with Crippen molar-refractivity contribution in [3.63, 3.8) is 0 Å². The number of non-ortho nitro benzene ring substituents is 1. The molecular weight excluding hydrogens is 416 g/mol. The predicted molar refractivity (Wildman–Crippen MR) is 107 cm³/mol. The van der Waals surface area contributed by atoms with Gasteiger partial charge >= 0.3 is 0 Å². The number of hydrogen-bond donors (Lipinski definition) is 2. The van der Waals surface area contributed by atoms with Gasteiger partial charge in [-0.2, -0.15) is 0 Å². The molecule has 0 saturated carbocycles. The van der Waals surface area contributed by atoms with Gasteiger partial charge in [0, 0.05) is 19.0 Å². The summed E-state index contributed by atoms with van der Waals surface area (Å²) in [6.07, 6.45) is -0.0893. The van der Waals surface area contributed by atoms with Gasteiger partial charge in [-0.3, -0.25) is 35.3 Å². The maximum Gasteiger partial charge on any atom is 0.273 e. The number of ether oxygens (including phenoxy) is 1. The third-order valence-electron chi connectivity index (χ3n) is 4.58. The molecule has 2 aromatic rings. The maximum absolute atomic E-state index is 12.4. The number of methoxy groups -OCH3 is 1. The smallest absolute Gasteiger partial charge is 0.273 e. The van der Waals surface area contributed by atoms with Crippen LogP contribution < -0.4 is 20.5 Å². The number of nitrogens with one attached hydrogen (secondary N) is 2. The average Bonchev–Trinajstić information content (AvgIpc) is 3.13. The van der Waals surface area contributed by atoms with Crippen LogP contribution in [0.3, 0.4) is 0 Å². The first-order valence-electron chi connectivity index (χ1n) is 8.79. The second-order valence-electron chi connectivity index (χ2n) is 6.44. The zero-order valence-electron chi connectivity index (χ0n) is 15.8. The molecule has 0 aliphatic carbocycles. The number of nitro benzene ring substituents is 1. The second-order valence-corrected chi connectivity index (χ2v) is 6.85. The van der Waals surface area contributed by atoms with E-state index in [1.807, 2.05) is 0 Å². The number of nitro groups is 1. The number of carbonyl (C=O) groups is 3. The van der Waals surface area contributed by atoms with Gasteiger partial charge in [0.1, 0.15) is 5.75 Å². The maximum atomic E-state index is 12.4. The Morgan fingerprint density at radius 2 is 1.97 bits per heavy atom. The van der Waals surface area contributed by atoms with Gasteiger partial charge in [0.15, 0.2) is 0 Å². The Kier molecular flexibility index (Phi) is 6.17. The van der Waals surface area contributed by atoms with Crippen molar-refractivity contribution in [1.29, 1.82) is 0 Å². The number of rotatable bonds is 5. The molecule has 1 aliphatic rings. The number of benzene rings is 2. The van der Waals surface area contributed by atoms with Crippen molar-refractivity contribution in [2.24, 2.45) is 5.92 Å². The lowest BCUT2D eigenvalue weighted by Crippen LogP contribution is -2.45. The Morgan fingerprint density at radius 1 is 1.23 bits per heavy atom. The molecule has 0 radical (unpaired) electrons. The molecule has 1 saturated heterocycles. The molecule has 0 spiro atoms. The molecule has 1 fully saturated rings. The van der Waals surface area contributed by atoms with E-state index in [1.54, 1.807) is 18.2 Å². The molecule has 10 nitrogen and oxygen atoms in total. The number of nitrogens with zero attached hydrogens (tertiary/aromatic N) is 2. The zero-order valence-corrected chi connectivity index (χ0v) is 16.5. The predicted octanol–water partition coefficient (Wildman–Crippen LogP) is 2.07. The Labute approximate surface area is 175 Å². The highest BCUT2D eigenvalue weighted by Crippen LogP contribution is 2.35. The van der Waals surface area contributed by atoms with Crippen LogP contribution in [-0.4, -0.2) is 36.3 Å². The second kappa shape index (κ2) is 8.78. The lowest BCUT2D eigenvalue weighted by molar-refractivity contribution is -0.384. The molecule has 1 aliphatic heterocycles. The van der Waals surface area contributed by atoms with Crippen LogP contribution in [0.15, 0.2) is 42.5 Å². The summed E-state index contributed by atoms with van der Waals surface area (Å²) in [5, 5.41) is 11.2. The van der Waals surface area contributed by atoms with E-state index in [9.17, 15) is 24.5 Å². The van der Waals surface area contributed by atoms with Crippen molar-refractivity contribution in [2.75, 3.05) is 18.6 Å². The van der Waals surface area contributed by atoms with Crippen LogP contribution in [-0.2, 0) is 9.59 Å². The highest BCUT2D eigenvalue weighted by molar-refractivity contribution is 6.33. The standard InChI is InChI=1S/C19H17ClN4O6/c1-30-16-9-12(24(28)29)6-7-15(16)23-10-11(8-17(23)25)18(26)21-22-19(27)13-4-2-3-5-14(13)20/h2-7,9,11H,8,10H2,1H3,(H,21,26)(H,22,27)/t11-/m0/s1. The molecule has 11 heteroatoms. The Hall–Kier alpha value is -3.66. The quantitative estimate of drug-likeness (QED) is 0.549. The number of hydrazine groups is 1. The van der Waals surface area contributed by atoms with Gasteiger partial charge in [-0.1, -0.05) is 23.7 Å². The molecule has 0 bridgehead atoms. The molecule has 30 heavy (non-hydrogen) atoms. The van der Waals surface area contributed by atoms with E-state index in [0.29, 0.717) is 5.69 Å². The van der Waals surface area contributed by atoms with Crippen molar-refractivity contribution < 1.29 is 24.0 Å². The third-order valence-corrected chi connectivity index (χ3v) is 4.91. The van der Waals surface area contributed by atoms with Crippen LogP contribution in [0, 0.1) is 16.0 Å². The van der Waals surface area contributed by atoms with E-state index in [4.69, 9.17) is 16.3 Å². The number of anilines is 1. The normalized spacial score (nSPS) is 15.6. The summed E-state index contributed by atoms with van der Waals surface area (Å²) in [4.78, 5) is 48.7. The van der Waals surface area contributed by atoms with E-state index in [1.165, 1.54) is 36.3 Å². The van der Waals surface area contributed by atoms with Gasteiger partial charge in [-0.15, -0.1) is 0 Å². The van der Waals surface area contributed by atoms with Crippen LogP contribution in [0.5, 0.6) is 5.75 Å². The van der Waals surface area contributed by atoms with Gasteiger partial charge < -0.3 is 9.64 Å². The highest BCUT2D eigenvalue weighted by atomic mass is 35.5. The first kappa shape index (κ1) is 21.1. The van der Waals surface area contributed by atoms with Gasteiger partial charge in [-0.05, 0) is 18.2 Å². The number of hydrogen-bond acceptors (Lipinski definition) is 6. The molecule has 2 aromatic carbocycles. The van der Waals surface area contributed by atoms with Gasteiger partial charge in [0.25, 0.3) is 11.6 Å². The minimum Gasteiger partial charge on any atom is -0.494 e. The number of carbonyl (C=O) groups excluding carboxylic acids is 3. The van der Waals surface area contributed by atoms with E-state index < -0.39 is 22.7 Å².